The Morgan fingerprint density at radius 2 is 1.52 bits per heavy atom. The van der Waals surface area contributed by atoms with Crippen LogP contribution in [-0.4, -0.2) is 28.8 Å². The molecule has 132 valence electrons. The number of hydrogen-bond donors (Lipinski definition) is 3. The second kappa shape index (κ2) is 9.89. The molecule has 0 aromatic heterocycles. The molecule has 1 unspecified atom stereocenters. The molecule has 2 atom stereocenters. The molecule has 5 heteroatoms. The number of carbonyl (C=O) groups excluding carboxylic acids is 1. The van der Waals surface area contributed by atoms with Crippen molar-refractivity contribution < 1.29 is 14.7 Å². The number of aliphatic carboxylic acids is 1. The minimum atomic E-state index is -1.03. The predicted molar refractivity (Wildman–Crippen MR) is 102 cm³/mol. The minimum Gasteiger partial charge on any atom is -0.480 e. The maximum absolute atomic E-state index is 12.5. The molecule has 0 radical (unpaired) electrons. The van der Waals surface area contributed by atoms with E-state index in [1.807, 2.05) is 60.7 Å². The number of thiol groups is 1. The van der Waals surface area contributed by atoms with Crippen molar-refractivity contribution in [3.63, 3.8) is 0 Å². The normalized spacial score (nSPS) is 13.0. The third-order valence-corrected chi connectivity index (χ3v) is 4.55. The molecule has 2 N–H and O–H groups in total. The van der Waals surface area contributed by atoms with Crippen molar-refractivity contribution in [3.05, 3.63) is 71.8 Å². The number of benzene rings is 2. The van der Waals surface area contributed by atoms with E-state index in [9.17, 15) is 14.7 Å². The van der Waals surface area contributed by atoms with Gasteiger partial charge in [0, 0.05) is 18.1 Å². The van der Waals surface area contributed by atoms with Gasteiger partial charge in [-0.2, -0.15) is 12.6 Å². The van der Waals surface area contributed by atoms with Crippen LogP contribution in [0, 0.1) is 5.92 Å². The Kier molecular flexibility index (Phi) is 7.54. The van der Waals surface area contributed by atoms with Crippen LogP contribution in [0.5, 0.6) is 0 Å². The van der Waals surface area contributed by atoms with Gasteiger partial charge >= 0.3 is 5.97 Å². The first kappa shape index (κ1) is 19.1. The average molecular weight is 357 g/mol. The fourth-order valence-electron chi connectivity index (χ4n) is 2.63. The summed E-state index contributed by atoms with van der Waals surface area (Å²) in [7, 11) is 0. The summed E-state index contributed by atoms with van der Waals surface area (Å²) in [5.74, 6) is -1.22. The Balaban J connectivity index is 1.94. The van der Waals surface area contributed by atoms with Crippen molar-refractivity contribution in [2.45, 2.75) is 25.3 Å². The van der Waals surface area contributed by atoms with E-state index >= 15 is 0 Å². The number of carbonyl (C=O) groups is 2. The summed E-state index contributed by atoms with van der Waals surface area (Å²) < 4.78 is 0. The Hall–Kier alpha value is -2.27. The summed E-state index contributed by atoms with van der Waals surface area (Å²) in [4.78, 5) is 24.0. The van der Waals surface area contributed by atoms with Gasteiger partial charge in [-0.05, 0) is 24.0 Å². The Morgan fingerprint density at radius 1 is 0.960 bits per heavy atom. The van der Waals surface area contributed by atoms with Gasteiger partial charge in [-0.3, -0.25) is 4.79 Å². The lowest BCUT2D eigenvalue weighted by Crippen LogP contribution is -2.45. The molecule has 4 nitrogen and oxygen atoms in total. The largest absolute Gasteiger partial charge is 0.480 e. The quantitative estimate of drug-likeness (QED) is 0.605. The first-order valence-electron chi connectivity index (χ1n) is 8.32. The van der Waals surface area contributed by atoms with Crippen molar-refractivity contribution in [2.75, 3.05) is 5.75 Å². The van der Waals surface area contributed by atoms with Gasteiger partial charge in [0.05, 0.1) is 0 Å². The van der Waals surface area contributed by atoms with Crippen LogP contribution < -0.4 is 5.32 Å². The highest BCUT2D eigenvalue weighted by atomic mass is 32.1. The molecule has 0 fully saturated rings. The van der Waals surface area contributed by atoms with E-state index < -0.39 is 12.0 Å². The maximum Gasteiger partial charge on any atom is 0.326 e. The minimum absolute atomic E-state index is 0.255. The highest BCUT2D eigenvalue weighted by Crippen LogP contribution is 2.13. The van der Waals surface area contributed by atoms with Crippen LogP contribution in [0.15, 0.2) is 60.7 Å². The molecule has 0 saturated carbocycles. The van der Waals surface area contributed by atoms with E-state index in [2.05, 4.69) is 17.9 Å². The number of rotatable bonds is 9. The molecule has 2 aromatic carbocycles. The van der Waals surface area contributed by atoms with Crippen molar-refractivity contribution in [1.82, 2.24) is 5.32 Å². The molecule has 0 heterocycles. The predicted octanol–water partition coefficient (Wildman–Crippen LogP) is 2.98. The van der Waals surface area contributed by atoms with Crippen LogP contribution in [0.1, 0.15) is 17.5 Å². The van der Waals surface area contributed by atoms with Gasteiger partial charge in [-0.15, -0.1) is 0 Å². The molecular formula is C20H23NO3S. The van der Waals surface area contributed by atoms with E-state index in [0.717, 1.165) is 17.5 Å². The SMILES string of the molecule is O=C(N[C@@H](Cc1ccccc1)C(=O)O)C(CS)CCc1ccccc1. The van der Waals surface area contributed by atoms with Crippen LogP contribution in [0.4, 0.5) is 0 Å². The van der Waals surface area contributed by atoms with E-state index in [0.29, 0.717) is 12.2 Å². The number of amides is 1. The summed E-state index contributed by atoms with van der Waals surface area (Å²) in [6, 6.07) is 18.3. The molecule has 2 rings (SSSR count). The van der Waals surface area contributed by atoms with Crippen molar-refractivity contribution >= 4 is 24.5 Å². The van der Waals surface area contributed by atoms with Crippen LogP contribution in [-0.2, 0) is 22.4 Å². The smallest absolute Gasteiger partial charge is 0.326 e. The van der Waals surface area contributed by atoms with Gasteiger partial charge < -0.3 is 10.4 Å². The zero-order valence-corrected chi connectivity index (χ0v) is 14.9. The monoisotopic (exact) mass is 357 g/mol. The van der Waals surface area contributed by atoms with Crippen molar-refractivity contribution in [1.29, 1.82) is 0 Å². The van der Waals surface area contributed by atoms with Gasteiger partial charge in [-0.1, -0.05) is 60.7 Å². The molecule has 0 aliphatic heterocycles. The number of nitrogens with one attached hydrogen (secondary N) is 1. The summed E-state index contributed by atoms with van der Waals surface area (Å²) in [5.41, 5.74) is 2.03. The number of carboxylic acid groups (broad SMARTS) is 1. The maximum atomic E-state index is 12.5. The molecule has 1 amide bonds. The molecule has 0 bridgehead atoms. The molecule has 0 spiro atoms. The van der Waals surface area contributed by atoms with Gasteiger partial charge in [0.25, 0.3) is 0 Å². The van der Waals surface area contributed by atoms with E-state index in [1.165, 1.54) is 0 Å². The zero-order valence-electron chi connectivity index (χ0n) is 14.0. The number of carboxylic acids is 1. The highest BCUT2D eigenvalue weighted by Gasteiger charge is 2.24. The summed E-state index contributed by atoms with van der Waals surface area (Å²) in [6.45, 7) is 0. The fourth-order valence-corrected chi connectivity index (χ4v) is 2.98. The van der Waals surface area contributed by atoms with Crippen LogP contribution in [0.2, 0.25) is 0 Å². The first-order valence-corrected chi connectivity index (χ1v) is 8.95. The van der Waals surface area contributed by atoms with Crippen molar-refractivity contribution in [3.8, 4) is 0 Å². The van der Waals surface area contributed by atoms with E-state index in [4.69, 9.17) is 0 Å². The third-order valence-electron chi connectivity index (χ3n) is 4.11. The molecule has 0 saturated heterocycles. The molecular weight excluding hydrogens is 334 g/mol. The zero-order chi connectivity index (χ0) is 18.1. The lowest BCUT2D eigenvalue weighted by Gasteiger charge is -2.19. The summed E-state index contributed by atoms with van der Waals surface area (Å²) in [5, 5.41) is 12.1. The van der Waals surface area contributed by atoms with Crippen LogP contribution in [0.25, 0.3) is 0 Å². The number of hydrogen-bond acceptors (Lipinski definition) is 3. The Labute approximate surface area is 153 Å². The van der Waals surface area contributed by atoms with E-state index in [1.54, 1.807) is 0 Å². The van der Waals surface area contributed by atoms with Gasteiger partial charge in [-0.25, -0.2) is 4.79 Å². The Morgan fingerprint density at radius 3 is 2.04 bits per heavy atom. The lowest BCUT2D eigenvalue weighted by atomic mass is 9.99. The highest BCUT2D eigenvalue weighted by molar-refractivity contribution is 7.80. The Bertz CT molecular complexity index is 676. The molecule has 0 aliphatic carbocycles. The van der Waals surface area contributed by atoms with Crippen molar-refractivity contribution in [2.24, 2.45) is 5.92 Å². The molecule has 25 heavy (non-hydrogen) atoms. The molecule has 0 aliphatic rings. The van der Waals surface area contributed by atoms with Crippen LogP contribution in [0.3, 0.4) is 0 Å². The fraction of sp³-hybridized carbons (Fsp3) is 0.300. The topological polar surface area (TPSA) is 66.4 Å². The lowest BCUT2D eigenvalue weighted by molar-refractivity contribution is -0.142. The standard InChI is InChI=1S/C20H23NO3S/c22-19(17(14-25)12-11-15-7-3-1-4-8-15)21-18(20(23)24)13-16-9-5-2-6-10-16/h1-10,17-18,25H,11-14H2,(H,21,22)(H,23,24)/t17?,18-/m0/s1. The van der Waals surface area contributed by atoms with E-state index in [-0.39, 0.29) is 18.2 Å². The average Bonchev–Trinajstić information content (AvgIpc) is 2.63. The first-order chi connectivity index (χ1) is 12.1. The second-order valence-electron chi connectivity index (χ2n) is 5.99. The van der Waals surface area contributed by atoms with Gasteiger partial charge in [0.1, 0.15) is 6.04 Å². The summed E-state index contributed by atoms with van der Waals surface area (Å²) in [6.07, 6.45) is 1.66. The van der Waals surface area contributed by atoms with Gasteiger partial charge in [0.2, 0.25) is 5.91 Å². The summed E-state index contributed by atoms with van der Waals surface area (Å²) >= 11 is 4.27. The second-order valence-corrected chi connectivity index (χ2v) is 6.36. The van der Waals surface area contributed by atoms with Gasteiger partial charge in [0.15, 0.2) is 0 Å². The third kappa shape index (κ3) is 6.27. The number of aryl methyl sites for hydroxylation is 1. The van der Waals surface area contributed by atoms with Crippen LogP contribution >= 0.6 is 12.6 Å². The molecule has 2 aromatic rings.